The fourth-order valence-corrected chi connectivity index (χ4v) is 7.67. The van der Waals surface area contributed by atoms with Crippen molar-refractivity contribution in [2.45, 2.75) is 45.4 Å². The number of hydrogen-bond acceptors (Lipinski definition) is 2. The lowest BCUT2D eigenvalue weighted by Crippen LogP contribution is -2.47. The molecule has 0 aliphatic carbocycles. The number of benzene rings is 3. The highest BCUT2D eigenvalue weighted by Crippen LogP contribution is 2.47. The second-order valence-corrected chi connectivity index (χ2v) is 12.1. The van der Waals surface area contributed by atoms with Gasteiger partial charge in [0.05, 0.1) is 5.92 Å². The largest absolute Gasteiger partial charge is 0.361 e. The summed E-state index contributed by atoms with van der Waals surface area (Å²) in [6, 6.07) is 21.2. The van der Waals surface area contributed by atoms with Crippen LogP contribution < -0.4 is 4.90 Å². The molecule has 1 unspecified atom stereocenters. The van der Waals surface area contributed by atoms with Crippen molar-refractivity contribution in [2.75, 3.05) is 24.5 Å². The minimum Gasteiger partial charge on any atom is -0.361 e. The van der Waals surface area contributed by atoms with Crippen LogP contribution >= 0.6 is 0 Å². The predicted octanol–water partition coefficient (Wildman–Crippen LogP) is 6.54. The summed E-state index contributed by atoms with van der Waals surface area (Å²) in [4.78, 5) is 37.9. The maximum atomic E-state index is 13.9. The van der Waals surface area contributed by atoms with E-state index >= 15 is 0 Å². The Morgan fingerprint density at radius 3 is 1.93 bits per heavy atom. The number of carbonyl (C=O) groups is 2. The van der Waals surface area contributed by atoms with Crippen molar-refractivity contribution >= 4 is 39.3 Å². The molecular formula is C35H36N4O2. The van der Waals surface area contributed by atoms with Gasteiger partial charge < -0.3 is 19.8 Å². The highest BCUT2D eigenvalue weighted by Gasteiger charge is 2.44. The smallest absolute Gasteiger partial charge is 0.228 e. The van der Waals surface area contributed by atoms with Gasteiger partial charge in [-0.05, 0) is 68.0 Å². The summed E-state index contributed by atoms with van der Waals surface area (Å²) < 4.78 is 0. The van der Waals surface area contributed by atoms with E-state index < -0.39 is 0 Å². The van der Waals surface area contributed by atoms with Gasteiger partial charge >= 0.3 is 0 Å². The number of aromatic nitrogens is 2. The molecule has 1 atom stereocenters. The number of H-pyrrole nitrogens is 2. The monoisotopic (exact) mass is 544 g/mol. The number of likely N-dealkylation sites (tertiary alicyclic amines) is 1. The first-order chi connectivity index (χ1) is 19.9. The van der Waals surface area contributed by atoms with E-state index in [0.717, 1.165) is 40.7 Å². The summed E-state index contributed by atoms with van der Waals surface area (Å²) in [5, 5.41) is 2.47. The summed E-state index contributed by atoms with van der Waals surface area (Å²) in [7, 11) is 0. The molecule has 41 heavy (non-hydrogen) atoms. The topological polar surface area (TPSA) is 72.2 Å². The second-order valence-electron chi connectivity index (χ2n) is 12.1. The molecule has 2 N–H and O–H groups in total. The Balaban J connectivity index is 1.18. The van der Waals surface area contributed by atoms with Gasteiger partial charge in [-0.15, -0.1) is 0 Å². The van der Waals surface area contributed by atoms with Gasteiger partial charge in [0, 0.05) is 71.4 Å². The Hall–Kier alpha value is -4.32. The number of nitrogens with zero attached hydrogens (tertiary/aromatic N) is 2. The summed E-state index contributed by atoms with van der Waals surface area (Å²) in [5.41, 5.74) is 8.93. The van der Waals surface area contributed by atoms with E-state index in [9.17, 15) is 9.59 Å². The van der Waals surface area contributed by atoms with Crippen LogP contribution in [0.15, 0.2) is 73.1 Å². The van der Waals surface area contributed by atoms with Gasteiger partial charge in [-0.2, -0.15) is 0 Å². The Bertz CT molecular complexity index is 1700. The molecule has 5 aromatic rings. The van der Waals surface area contributed by atoms with Gasteiger partial charge in [-0.1, -0.05) is 54.1 Å². The fourth-order valence-electron chi connectivity index (χ4n) is 7.67. The lowest BCUT2D eigenvalue weighted by molar-refractivity contribution is -0.137. The van der Waals surface area contributed by atoms with Gasteiger partial charge in [0.15, 0.2) is 0 Å². The molecule has 3 aromatic carbocycles. The molecule has 2 aliphatic heterocycles. The average molecular weight is 545 g/mol. The summed E-state index contributed by atoms with van der Waals surface area (Å²) in [6.45, 7) is 7.95. The van der Waals surface area contributed by atoms with Gasteiger partial charge in [-0.3, -0.25) is 9.59 Å². The van der Waals surface area contributed by atoms with E-state index in [1.807, 2.05) is 9.80 Å². The van der Waals surface area contributed by atoms with Gasteiger partial charge in [0.1, 0.15) is 0 Å². The number of amides is 2. The fraction of sp³-hybridized carbons (Fsp3) is 0.314. The molecule has 2 aliphatic rings. The van der Waals surface area contributed by atoms with Crippen LogP contribution in [-0.2, 0) is 15.0 Å². The maximum absolute atomic E-state index is 13.9. The van der Waals surface area contributed by atoms with E-state index in [-0.39, 0.29) is 29.6 Å². The minimum absolute atomic E-state index is 0.0438. The molecule has 2 fully saturated rings. The van der Waals surface area contributed by atoms with Gasteiger partial charge in [0.2, 0.25) is 11.8 Å². The lowest BCUT2D eigenvalue weighted by atomic mass is 9.67. The third-order valence-corrected chi connectivity index (χ3v) is 9.52. The number of piperidine rings is 1. The first kappa shape index (κ1) is 25.6. The van der Waals surface area contributed by atoms with E-state index in [1.165, 1.54) is 27.5 Å². The molecule has 7 rings (SSSR count). The summed E-state index contributed by atoms with van der Waals surface area (Å²) in [6.07, 6.45) is 6.26. The lowest BCUT2D eigenvalue weighted by Gasteiger charge is -2.43. The van der Waals surface area contributed by atoms with Gasteiger partial charge in [-0.25, -0.2) is 0 Å². The first-order valence-corrected chi connectivity index (χ1v) is 14.7. The third kappa shape index (κ3) is 4.07. The Kier molecular flexibility index (Phi) is 6.03. The van der Waals surface area contributed by atoms with Crippen molar-refractivity contribution < 1.29 is 9.59 Å². The highest BCUT2D eigenvalue weighted by atomic mass is 16.2. The quantitative estimate of drug-likeness (QED) is 0.270. The Labute approximate surface area is 240 Å². The molecule has 0 bridgehead atoms. The number of fused-ring (bicyclic) bond motifs is 2. The van der Waals surface area contributed by atoms with Crippen molar-refractivity contribution in [2.24, 2.45) is 5.92 Å². The average Bonchev–Trinajstić information content (AvgIpc) is 3.70. The number of carbonyl (C=O) groups excluding carboxylic acids is 2. The molecule has 2 saturated heterocycles. The SMILES string of the molecule is Cc1cc(C)c(N2CC(C(=O)N3CCC(c4c[nH]c5ccccc45)(c4c[nH]c5ccccc45)CC3)CC2=O)c(C)c1. The van der Waals surface area contributed by atoms with Crippen molar-refractivity contribution in [3.63, 3.8) is 0 Å². The molecule has 4 heterocycles. The zero-order valence-electron chi connectivity index (χ0n) is 24.0. The number of aryl methyl sites for hydroxylation is 3. The number of anilines is 1. The number of nitrogens with one attached hydrogen (secondary N) is 2. The van der Waals surface area contributed by atoms with Crippen molar-refractivity contribution in [3.8, 4) is 0 Å². The molecule has 6 heteroatoms. The van der Waals surface area contributed by atoms with E-state index in [1.54, 1.807) is 0 Å². The molecular weight excluding hydrogens is 508 g/mol. The van der Waals surface area contributed by atoms with E-state index in [4.69, 9.17) is 0 Å². The van der Waals surface area contributed by atoms with Crippen LogP contribution in [0, 0.1) is 26.7 Å². The Morgan fingerprint density at radius 1 is 0.829 bits per heavy atom. The van der Waals surface area contributed by atoms with E-state index in [0.29, 0.717) is 19.6 Å². The highest BCUT2D eigenvalue weighted by molar-refractivity contribution is 6.01. The zero-order chi connectivity index (χ0) is 28.3. The van der Waals surface area contributed by atoms with Crippen LogP contribution in [0.4, 0.5) is 5.69 Å². The number of para-hydroxylation sites is 2. The van der Waals surface area contributed by atoms with Gasteiger partial charge in [0.25, 0.3) is 0 Å². The number of rotatable bonds is 4. The van der Waals surface area contributed by atoms with Crippen LogP contribution in [0.3, 0.4) is 0 Å². The number of hydrogen-bond donors (Lipinski definition) is 2. The third-order valence-electron chi connectivity index (χ3n) is 9.52. The molecule has 0 saturated carbocycles. The molecule has 2 amide bonds. The molecule has 6 nitrogen and oxygen atoms in total. The van der Waals surface area contributed by atoms with Crippen molar-refractivity contribution in [3.05, 3.63) is 101 Å². The summed E-state index contributed by atoms with van der Waals surface area (Å²) in [5.74, 6) is -0.159. The van der Waals surface area contributed by atoms with Crippen LogP contribution in [0.2, 0.25) is 0 Å². The molecule has 0 spiro atoms. The zero-order valence-corrected chi connectivity index (χ0v) is 24.0. The van der Waals surface area contributed by atoms with Crippen LogP contribution in [0.1, 0.15) is 47.1 Å². The van der Waals surface area contributed by atoms with Crippen LogP contribution in [-0.4, -0.2) is 46.3 Å². The molecule has 0 radical (unpaired) electrons. The van der Waals surface area contributed by atoms with Crippen LogP contribution in [0.25, 0.3) is 21.8 Å². The minimum atomic E-state index is -0.309. The van der Waals surface area contributed by atoms with Crippen molar-refractivity contribution in [1.82, 2.24) is 14.9 Å². The Morgan fingerprint density at radius 2 is 1.37 bits per heavy atom. The predicted molar refractivity (Wildman–Crippen MR) is 164 cm³/mol. The van der Waals surface area contributed by atoms with Crippen molar-refractivity contribution in [1.29, 1.82) is 0 Å². The first-order valence-electron chi connectivity index (χ1n) is 14.7. The normalized spacial score (nSPS) is 19.0. The molecule has 208 valence electrons. The van der Waals surface area contributed by atoms with Crippen LogP contribution in [0.5, 0.6) is 0 Å². The summed E-state index contributed by atoms with van der Waals surface area (Å²) >= 11 is 0. The molecule has 2 aromatic heterocycles. The maximum Gasteiger partial charge on any atom is 0.228 e. The standard InChI is InChI=1S/C35H36N4O2/c1-22-16-23(2)33(24(3)17-22)39-21-25(18-32(39)40)34(41)38-14-12-35(13-15-38,28-19-36-30-10-6-4-8-26(28)30)29-20-37-31-11-7-5-9-27(29)31/h4-11,16-17,19-20,25,36-37H,12-15,18,21H2,1-3H3. The number of aromatic amines is 2. The van der Waals surface area contributed by atoms with E-state index in [2.05, 4.69) is 104 Å². The second kappa shape index (κ2) is 9.65.